The normalized spacial score (nSPS) is 46.2. The smallest absolute Gasteiger partial charge is 0.309 e. The first kappa shape index (κ1) is 20.9. The Balaban J connectivity index is 1.73. The fraction of sp³-hybridized carbons (Fsp3) is 0.840. The zero-order valence-electron chi connectivity index (χ0n) is 18.6. The molecule has 1 N–H and O–H groups in total. The summed E-state index contributed by atoms with van der Waals surface area (Å²) in [5.41, 5.74) is 0.639. The summed E-state index contributed by atoms with van der Waals surface area (Å²) >= 11 is 0. The minimum atomic E-state index is -0.732. The van der Waals surface area contributed by atoms with E-state index in [1.165, 1.54) is 12.0 Å². The maximum absolute atomic E-state index is 12.7. The number of carboxylic acids is 1. The zero-order chi connectivity index (χ0) is 21.2. The average molecular weight is 403 g/mol. The van der Waals surface area contributed by atoms with Gasteiger partial charge in [-0.3, -0.25) is 9.59 Å². The van der Waals surface area contributed by atoms with Crippen molar-refractivity contribution < 1.29 is 19.4 Å². The number of hydrogen-bond donors (Lipinski definition) is 1. The number of esters is 1. The number of fused-ring (bicyclic) bond motifs is 3. The Morgan fingerprint density at radius 1 is 1.14 bits per heavy atom. The highest BCUT2D eigenvalue weighted by molar-refractivity contribution is 5.75. The number of hydrogen-bond acceptors (Lipinski definition) is 3. The molecule has 0 aromatic heterocycles. The molecular formula is C25H38O4. The largest absolute Gasteiger partial charge is 0.481 e. The van der Waals surface area contributed by atoms with Gasteiger partial charge in [0.05, 0.1) is 5.41 Å². The summed E-state index contributed by atoms with van der Waals surface area (Å²) in [7, 11) is 0. The molecule has 0 radical (unpaired) electrons. The molecule has 4 aliphatic carbocycles. The van der Waals surface area contributed by atoms with Gasteiger partial charge < -0.3 is 9.84 Å². The lowest BCUT2D eigenvalue weighted by molar-refractivity contribution is -0.222. The monoisotopic (exact) mass is 402 g/mol. The molecule has 0 aromatic carbocycles. The summed E-state index contributed by atoms with van der Waals surface area (Å²) in [5.74, 6) is 0.585. The van der Waals surface area contributed by atoms with Gasteiger partial charge in [-0.15, -0.1) is 0 Å². The van der Waals surface area contributed by atoms with Crippen LogP contribution in [0.4, 0.5) is 0 Å². The second-order valence-electron chi connectivity index (χ2n) is 11.5. The van der Waals surface area contributed by atoms with Gasteiger partial charge in [-0.1, -0.05) is 32.9 Å². The van der Waals surface area contributed by atoms with Crippen molar-refractivity contribution in [2.75, 3.05) is 0 Å². The number of carbonyl (C=O) groups excluding carboxylic acids is 1. The molecule has 7 unspecified atom stereocenters. The van der Waals surface area contributed by atoms with Crippen LogP contribution in [0.3, 0.4) is 0 Å². The maximum atomic E-state index is 12.7. The molecule has 162 valence electrons. The molecule has 2 bridgehead atoms. The highest BCUT2D eigenvalue weighted by Gasteiger charge is 2.68. The molecule has 7 atom stereocenters. The number of rotatable bonds is 4. The van der Waals surface area contributed by atoms with Crippen LogP contribution < -0.4 is 0 Å². The number of carbonyl (C=O) groups is 2. The van der Waals surface area contributed by atoms with Crippen molar-refractivity contribution in [2.24, 2.45) is 39.9 Å². The van der Waals surface area contributed by atoms with Crippen molar-refractivity contribution in [3.63, 3.8) is 0 Å². The molecule has 4 aliphatic rings. The Bertz CT molecular complexity index is 726. The van der Waals surface area contributed by atoms with Gasteiger partial charge in [0.2, 0.25) is 0 Å². The number of carboxylic acid groups (broad SMARTS) is 1. The Kier molecular flexibility index (Phi) is 4.94. The van der Waals surface area contributed by atoms with Crippen LogP contribution in [0.15, 0.2) is 12.2 Å². The van der Waals surface area contributed by atoms with Crippen LogP contribution in [0.5, 0.6) is 0 Å². The molecule has 0 amide bonds. The maximum Gasteiger partial charge on any atom is 0.309 e. The lowest BCUT2D eigenvalue weighted by Crippen LogP contribution is -2.64. The molecule has 4 rings (SSSR count). The van der Waals surface area contributed by atoms with Gasteiger partial charge in [0, 0.05) is 11.8 Å². The van der Waals surface area contributed by atoms with Crippen LogP contribution in [0, 0.1) is 39.9 Å². The van der Waals surface area contributed by atoms with Gasteiger partial charge >= 0.3 is 11.9 Å². The minimum absolute atomic E-state index is 0.0548. The molecule has 4 fully saturated rings. The van der Waals surface area contributed by atoms with E-state index in [-0.39, 0.29) is 34.7 Å². The molecule has 0 saturated heterocycles. The highest BCUT2D eigenvalue weighted by atomic mass is 16.5. The minimum Gasteiger partial charge on any atom is -0.481 e. The molecule has 4 nitrogen and oxygen atoms in total. The van der Waals surface area contributed by atoms with E-state index >= 15 is 0 Å². The molecule has 0 aliphatic heterocycles. The summed E-state index contributed by atoms with van der Waals surface area (Å²) < 4.78 is 6.17. The fourth-order valence-corrected chi connectivity index (χ4v) is 8.22. The third-order valence-electron chi connectivity index (χ3n) is 9.51. The predicted molar refractivity (Wildman–Crippen MR) is 112 cm³/mol. The van der Waals surface area contributed by atoms with Crippen LogP contribution in [-0.2, 0) is 14.3 Å². The number of ether oxygens (including phenoxy) is 1. The van der Waals surface area contributed by atoms with Gasteiger partial charge in [-0.05, 0) is 87.4 Å². The van der Waals surface area contributed by atoms with Crippen LogP contribution in [0.25, 0.3) is 0 Å². The van der Waals surface area contributed by atoms with E-state index in [0.717, 1.165) is 32.1 Å². The van der Waals surface area contributed by atoms with Crippen molar-refractivity contribution in [2.45, 2.75) is 91.6 Å². The van der Waals surface area contributed by atoms with E-state index in [4.69, 9.17) is 4.74 Å². The van der Waals surface area contributed by atoms with Gasteiger partial charge in [0.25, 0.3) is 0 Å². The van der Waals surface area contributed by atoms with Crippen molar-refractivity contribution in [1.82, 2.24) is 0 Å². The molecule has 1 spiro atoms. The van der Waals surface area contributed by atoms with Gasteiger partial charge in [0.1, 0.15) is 6.10 Å². The summed E-state index contributed by atoms with van der Waals surface area (Å²) in [6, 6.07) is 0. The Labute approximate surface area is 175 Å². The predicted octanol–water partition coefficient (Wildman–Crippen LogP) is 5.61. The first-order chi connectivity index (χ1) is 13.5. The number of aliphatic carboxylic acids is 1. The van der Waals surface area contributed by atoms with E-state index in [1.807, 2.05) is 20.8 Å². The second kappa shape index (κ2) is 6.85. The molecule has 0 aromatic rings. The summed E-state index contributed by atoms with van der Waals surface area (Å²) in [6.07, 6.45) is 8.11. The third-order valence-corrected chi connectivity index (χ3v) is 9.51. The van der Waals surface area contributed by atoms with Crippen molar-refractivity contribution in [1.29, 1.82) is 0 Å². The van der Waals surface area contributed by atoms with Gasteiger partial charge in [-0.25, -0.2) is 0 Å². The Hall–Kier alpha value is -1.32. The lowest BCUT2D eigenvalue weighted by Gasteiger charge is -2.65. The summed E-state index contributed by atoms with van der Waals surface area (Å²) in [5, 5.41) is 10.2. The van der Waals surface area contributed by atoms with Crippen molar-refractivity contribution in [3.05, 3.63) is 12.2 Å². The van der Waals surface area contributed by atoms with E-state index in [2.05, 4.69) is 13.5 Å². The second-order valence-corrected chi connectivity index (χ2v) is 11.5. The molecule has 0 heterocycles. The third kappa shape index (κ3) is 2.99. The van der Waals surface area contributed by atoms with E-state index in [0.29, 0.717) is 31.1 Å². The van der Waals surface area contributed by atoms with Crippen molar-refractivity contribution >= 4 is 11.9 Å². The summed E-state index contributed by atoms with van der Waals surface area (Å²) in [6.45, 7) is 12.7. The van der Waals surface area contributed by atoms with Crippen LogP contribution in [0.2, 0.25) is 0 Å². The average Bonchev–Trinajstić information content (AvgIpc) is 2.85. The van der Waals surface area contributed by atoms with Gasteiger partial charge in [-0.2, -0.15) is 0 Å². The highest BCUT2D eigenvalue weighted by Crippen LogP contribution is 2.72. The molecule has 29 heavy (non-hydrogen) atoms. The standard InChI is InChI=1S/C25H38O4/c1-15(2)12-21(26)29-20-9-10-23(4,22(27)28)18-8-11-25-13-16(3)17(14-25)6-7-19(25)24(18,20)5/h15,17-20H,3,6-14H2,1-2,4-5H3,(H,27,28). The molecule has 4 saturated carbocycles. The van der Waals surface area contributed by atoms with E-state index in [1.54, 1.807) is 0 Å². The Morgan fingerprint density at radius 2 is 1.86 bits per heavy atom. The quantitative estimate of drug-likeness (QED) is 0.490. The topological polar surface area (TPSA) is 63.6 Å². The Morgan fingerprint density at radius 3 is 2.52 bits per heavy atom. The number of allylic oxidation sites excluding steroid dienone is 1. The van der Waals surface area contributed by atoms with E-state index in [9.17, 15) is 14.7 Å². The van der Waals surface area contributed by atoms with Crippen molar-refractivity contribution in [3.8, 4) is 0 Å². The van der Waals surface area contributed by atoms with Crippen LogP contribution in [-0.4, -0.2) is 23.1 Å². The van der Waals surface area contributed by atoms with Crippen LogP contribution >= 0.6 is 0 Å². The van der Waals surface area contributed by atoms with Gasteiger partial charge in [0.15, 0.2) is 0 Å². The van der Waals surface area contributed by atoms with Crippen LogP contribution in [0.1, 0.15) is 85.5 Å². The first-order valence-corrected chi connectivity index (χ1v) is 11.6. The first-order valence-electron chi connectivity index (χ1n) is 11.6. The summed E-state index contributed by atoms with van der Waals surface area (Å²) in [4.78, 5) is 25.0. The zero-order valence-corrected chi connectivity index (χ0v) is 18.6. The van der Waals surface area contributed by atoms with E-state index < -0.39 is 11.4 Å². The lowest BCUT2D eigenvalue weighted by atomic mass is 9.40. The SMILES string of the molecule is C=C1CC23CCC4C(C)(C(=O)O)CCC(OC(=O)CC(C)C)C4(C)C2CCC1C3. The molecular weight excluding hydrogens is 364 g/mol. The fourth-order valence-electron chi connectivity index (χ4n) is 8.22. The molecule has 4 heteroatoms.